The molecule has 0 aliphatic heterocycles. The summed E-state index contributed by atoms with van der Waals surface area (Å²) in [5, 5.41) is 3.29. The molecule has 0 fully saturated rings. The van der Waals surface area contributed by atoms with Crippen molar-refractivity contribution in [1.82, 2.24) is 9.97 Å². The van der Waals surface area contributed by atoms with Crippen LogP contribution in [0.4, 0.5) is 5.82 Å². The summed E-state index contributed by atoms with van der Waals surface area (Å²) in [7, 11) is 0. The van der Waals surface area contributed by atoms with Crippen LogP contribution in [0.5, 0.6) is 0 Å². The highest BCUT2D eigenvalue weighted by Gasteiger charge is 2.07. The van der Waals surface area contributed by atoms with Crippen molar-refractivity contribution in [3.8, 4) is 0 Å². The Balaban J connectivity index is 2.88. The Hall–Kier alpha value is -1.12. The van der Waals surface area contributed by atoms with Crippen LogP contribution < -0.4 is 5.32 Å². The minimum absolute atomic E-state index is 0.914. The van der Waals surface area contributed by atoms with Gasteiger partial charge in [0.2, 0.25) is 0 Å². The van der Waals surface area contributed by atoms with Crippen molar-refractivity contribution in [2.24, 2.45) is 0 Å². The fraction of sp³-hybridized carbons (Fsp3) is 0.667. The molecule has 1 rings (SSSR count). The Kier molecular flexibility index (Phi) is 5.08. The van der Waals surface area contributed by atoms with E-state index < -0.39 is 0 Å². The minimum atomic E-state index is 0.914. The average molecular weight is 207 g/mol. The lowest BCUT2D eigenvalue weighted by molar-refractivity contribution is 0.761. The van der Waals surface area contributed by atoms with Gasteiger partial charge in [-0.3, -0.25) is 0 Å². The van der Waals surface area contributed by atoms with Crippen LogP contribution in [-0.2, 0) is 12.8 Å². The number of rotatable bonds is 6. The highest BCUT2D eigenvalue weighted by atomic mass is 15.0. The van der Waals surface area contributed by atoms with Gasteiger partial charge in [-0.2, -0.15) is 0 Å². The summed E-state index contributed by atoms with van der Waals surface area (Å²) >= 11 is 0. The monoisotopic (exact) mass is 207 g/mol. The standard InChI is InChI=1S/C12H21N3/c1-4-7-8-11-10(5-2)12(13-6-3)15-9-14-11/h9H,4-8H2,1-3H3,(H,13,14,15). The molecule has 3 heteroatoms. The first-order valence-corrected chi connectivity index (χ1v) is 5.90. The van der Waals surface area contributed by atoms with E-state index in [0.29, 0.717) is 0 Å². The molecule has 0 aliphatic rings. The molecule has 0 atom stereocenters. The van der Waals surface area contributed by atoms with E-state index in [1.807, 2.05) is 0 Å². The molecule has 1 heterocycles. The molecule has 0 saturated carbocycles. The van der Waals surface area contributed by atoms with Gasteiger partial charge in [-0.25, -0.2) is 9.97 Å². The van der Waals surface area contributed by atoms with Crippen LogP contribution in [0.1, 0.15) is 44.9 Å². The first kappa shape index (κ1) is 12.0. The molecule has 15 heavy (non-hydrogen) atoms. The fourth-order valence-electron chi connectivity index (χ4n) is 1.70. The molecule has 84 valence electrons. The van der Waals surface area contributed by atoms with E-state index in [1.165, 1.54) is 24.1 Å². The third-order valence-corrected chi connectivity index (χ3v) is 2.50. The summed E-state index contributed by atoms with van der Waals surface area (Å²) in [5.41, 5.74) is 2.50. The normalized spacial score (nSPS) is 10.3. The van der Waals surface area contributed by atoms with Crippen molar-refractivity contribution < 1.29 is 0 Å². The molecule has 0 aromatic carbocycles. The summed E-state index contributed by atoms with van der Waals surface area (Å²) in [6, 6.07) is 0. The highest BCUT2D eigenvalue weighted by Crippen LogP contribution is 2.17. The molecule has 1 aromatic rings. The Morgan fingerprint density at radius 1 is 1.20 bits per heavy atom. The van der Waals surface area contributed by atoms with Gasteiger partial charge in [0.15, 0.2) is 0 Å². The summed E-state index contributed by atoms with van der Waals surface area (Å²) in [4.78, 5) is 8.66. The number of hydrogen-bond acceptors (Lipinski definition) is 3. The van der Waals surface area contributed by atoms with Gasteiger partial charge in [-0.05, 0) is 26.2 Å². The lowest BCUT2D eigenvalue weighted by Gasteiger charge is -2.11. The average Bonchev–Trinajstić information content (AvgIpc) is 2.27. The van der Waals surface area contributed by atoms with Crippen LogP contribution in [0, 0.1) is 0 Å². The maximum atomic E-state index is 4.38. The molecule has 0 unspecified atom stereocenters. The minimum Gasteiger partial charge on any atom is -0.370 e. The van der Waals surface area contributed by atoms with Gasteiger partial charge in [-0.15, -0.1) is 0 Å². The van der Waals surface area contributed by atoms with E-state index in [9.17, 15) is 0 Å². The maximum absolute atomic E-state index is 4.38. The molecular weight excluding hydrogens is 186 g/mol. The molecule has 0 bridgehead atoms. The lowest BCUT2D eigenvalue weighted by atomic mass is 10.1. The smallest absolute Gasteiger partial charge is 0.132 e. The number of aromatic nitrogens is 2. The van der Waals surface area contributed by atoms with Crippen molar-refractivity contribution >= 4 is 5.82 Å². The second kappa shape index (κ2) is 6.38. The van der Waals surface area contributed by atoms with Crippen LogP contribution in [-0.4, -0.2) is 16.5 Å². The predicted octanol–water partition coefficient (Wildman–Crippen LogP) is 2.81. The van der Waals surface area contributed by atoms with E-state index >= 15 is 0 Å². The van der Waals surface area contributed by atoms with E-state index in [2.05, 4.69) is 36.1 Å². The molecule has 0 radical (unpaired) electrons. The van der Waals surface area contributed by atoms with Gasteiger partial charge >= 0.3 is 0 Å². The largest absolute Gasteiger partial charge is 0.370 e. The van der Waals surface area contributed by atoms with E-state index in [4.69, 9.17) is 0 Å². The van der Waals surface area contributed by atoms with Crippen molar-refractivity contribution in [2.45, 2.75) is 46.5 Å². The number of nitrogens with one attached hydrogen (secondary N) is 1. The number of anilines is 1. The third kappa shape index (κ3) is 3.18. The topological polar surface area (TPSA) is 37.8 Å². The molecule has 3 nitrogen and oxygen atoms in total. The van der Waals surface area contributed by atoms with Gasteiger partial charge in [0.1, 0.15) is 12.1 Å². The van der Waals surface area contributed by atoms with Crippen LogP contribution >= 0.6 is 0 Å². The van der Waals surface area contributed by atoms with Crippen LogP contribution in [0.2, 0.25) is 0 Å². The fourth-order valence-corrected chi connectivity index (χ4v) is 1.70. The zero-order chi connectivity index (χ0) is 11.1. The van der Waals surface area contributed by atoms with Crippen molar-refractivity contribution in [3.63, 3.8) is 0 Å². The molecule has 0 amide bonds. The van der Waals surface area contributed by atoms with Crippen LogP contribution in [0.25, 0.3) is 0 Å². The molecule has 1 N–H and O–H groups in total. The summed E-state index contributed by atoms with van der Waals surface area (Å²) in [6.07, 6.45) is 6.16. The number of aryl methyl sites for hydroxylation is 1. The van der Waals surface area contributed by atoms with Crippen LogP contribution in [0.15, 0.2) is 6.33 Å². The van der Waals surface area contributed by atoms with E-state index in [0.717, 1.165) is 25.2 Å². The van der Waals surface area contributed by atoms with Gasteiger partial charge in [-0.1, -0.05) is 20.3 Å². The van der Waals surface area contributed by atoms with Crippen molar-refractivity contribution in [3.05, 3.63) is 17.6 Å². The zero-order valence-electron chi connectivity index (χ0n) is 10.0. The Labute approximate surface area is 92.3 Å². The predicted molar refractivity (Wildman–Crippen MR) is 64.2 cm³/mol. The molecular formula is C12H21N3. The Morgan fingerprint density at radius 2 is 2.00 bits per heavy atom. The second-order valence-electron chi connectivity index (χ2n) is 3.63. The molecule has 0 spiro atoms. The van der Waals surface area contributed by atoms with E-state index in [1.54, 1.807) is 6.33 Å². The van der Waals surface area contributed by atoms with Crippen molar-refractivity contribution in [1.29, 1.82) is 0 Å². The summed E-state index contributed by atoms with van der Waals surface area (Å²) in [6.45, 7) is 7.37. The molecule has 0 aliphatic carbocycles. The Bertz CT molecular complexity index is 297. The lowest BCUT2D eigenvalue weighted by Crippen LogP contribution is -2.07. The maximum Gasteiger partial charge on any atom is 0.132 e. The third-order valence-electron chi connectivity index (χ3n) is 2.50. The summed E-state index contributed by atoms with van der Waals surface area (Å²) in [5.74, 6) is 1.01. The highest BCUT2D eigenvalue weighted by molar-refractivity contribution is 5.45. The summed E-state index contributed by atoms with van der Waals surface area (Å²) < 4.78 is 0. The first-order valence-electron chi connectivity index (χ1n) is 5.90. The van der Waals surface area contributed by atoms with Crippen molar-refractivity contribution in [2.75, 3.05) is 11.9 Å². The SMILES string of the molecule is CCCCc1ncnc(NCC)c1CC. The quantitative estimate of drug-likeness (QED) is 0.779. The zero-order valence-corrected chi connectivity index (χ0v) is 10.0. The van der Waals surface area contributed by atoms with Gasteiger partial charge in [0.05, 0.1) is 0 Å². The number of unbranched alkanes of at least 4 members (excludes halogenated alkanes) is 1. The van der Waals surface area contributed by atoms with E-state index in [-0.39, 0.29) is 0 Å². The van der Waals surface area contributed by atoms with Gasteiger partial charge < -0.3 is 5.32 Å². The number of hydrogen-bond donors (Lipinski definition) is 1. The van der Waals surface area contributed by atoms with Crippen LogP contribution in [0.3, 0.4) is 0 Å². The Morgan fingerprint density at radius 3 is 2.60 bits per heavy atom. The van der Waals surface area contributed by atoms with Gasteiger partial charge in [0.25, 0.3) is 0 Å². The second-order valence-corrected chi connectivity index (χ2v) is 3.63. The molecule has 1 aromatic heterocycles. The number of nitrogens with zero attached hydrogens (tertiary/aromatic N) is 2. The first-order chi connectivity index (χ1) is 7.33. The molecule has 0 saturated heterocycles. The van der Waals surface area contributed by atoms with Gasteiger partial charge in [0, 0.05) is 17.8 Å².